The van der Waals surface area contributed by atoms with E-state index in [9.17, 15) is 4.79 Å². The number of carbonyl (C=O) groups is 1. The van der Waals surface area contributed by atoms with E-state index in [1.165, 1.54) is 0 Å². The minimum absolute atomic E-state index is 0.0714. The number of nitrogens with zero attached hydrogens (tertiary/aromatic N) is 1. The Morgan fingerprint density at radius 1 is 1.32 bits per heavy atom. The van der Waals surface area contributed by atoms with E-state index in [0.717, 1.165) is 29.8 Å². The van der Waals surface area contributed by atoms with Crippen molar-refractivity contribution in [2.45, 2.75) is 26.2 Å². The van der Waals surface area contributed by atoms with Gasteiger partial charge in [-0.3, -0.25) is 4.79 Å². The second-order valence-corrected chi connectivity index (χ2v) is 4.40. The molecule has 4 nitrogen and oxygen atoms in total. The van der Waals surface area contributed by atoms with Crippen LogP contribution < -0.4 is 5.32 Å². The summed E-state index contributed by atoms with van der Waals surface area (Å²) in [5.74, 6) is 0.0714. The minimum Gasteiger partial charge on any atom is -0.364 e. The number of hydrogen-bond acceptors (Lipinski definition) is 3. The smallest absolute Gasteiger partial charge is 0.220 e. The molecule has 2 rings (SSSR count). The van der Waals surface area contributed by atoms with Crippen molar-refractivity contribution in [3.8, 4) is 11.3 Å². The second-order valence-electron chi connectivity index (χ2n) is 4.40. The van der Waals surface area contributed by atoms with Crippen molar-refractivity contribution in [3.05, 3.63) is 42.2 Å². The zero-order valence-corrected chi connectivity index (χ0v) is 11.1. The number of amides is 1. The van der Waals surface area contributed by atoms with E-state index in [1.54, 1.807) is 6.26 Å². The van der Waals surface area contributed by atoms with Gasteiger partial charge in [-0.1, -0.05) is 42.4 Å². The van der Waals surface area contributed by atoms with Gasteiger partial charge in [-0.25, -0.2) is 0 Å². The van der Waals surface area contributed by atoms with Crippen LogP contribution in [0.15, 0.2) is 41.1 Å². The molecule has 1 heterocycles. The molecule has 19 heavy (non-hydrogen) atoms. The molecule has 1 amide bonds. The maximum atomic E-state index is 11.6. The lowest BCUT2D eigenvalue weighted by molar-refractivity contribution is -0.121. The Kier molecular flexibility index (Phi) is 4.72. The van der Waals surface area contributed by atoms with Crippen molar-refractivity contribution in [1.82, 2.24) is 10.5 Å². The minimum atomic E-state index is 0.0714. The Balaban J connectivity index is 1.99. The molecule has 1 aromatic carbocycles. The molecule has 0 atom stereocenters. The van der Waals surface area contributed by atoms with Crippen LogP contribution in [0.2, 0.25) is 0 Å². The van der Waals surface area contributed by atoms with E-state index in [2.05, 4.69) is 10.5 Å². The summed E-state index contributed by atoms with van der Waals surface area (Å²) in [6.07, 6.45) is 3.67. The lowest BCUT2D eigenvalue weighted by Gasteiger charge is -2.03. The Hall–Kier alpha value is -2.10. The van der Waals surface area contributed by atoms with E-state index in [0.29, 0.717) is 12.8 Å². The predicted octanol–water partition coefficient (Wildman–Crippen LogP) is 2.80. The molecule has 4 heteroatoms. The first kappa shape index (κ1) is 13.3. The van der Waals surface area contributed by atoms with Crippen LogP contribution >= 0.6 is 0 Å². The molecule has 0 unspecified atom stereocenters. The first-order valence-corrected chi connectivity index (χ1v) is 6.56. The van der Waals surface area contributed by atoms with Gasteiger partial charge < -0.3 is 9.84 Å². The normalized spacial score (nSPS) is 10.4. The number of aryl methyl sites for hydroxylation is 1. The number of carbonyl (C=O) groups excluding carboxylic acids is 1. The van der Waals surface area contributed by atoms with Gasteiger partial charge in [0.2, 0.25) is 5.91 Å². The van der Waals surface area contributed by atoms with Gasteiger partial charge in [-0.15, -0.1) is 0 Å². The molecule has 100 valence electrons. The molecule has 0 aliphatic rings. The van der Waals surface area contributed by atoms with E-state index in [4.69, 9.17) is 4.52 Å². The summed E-state index contributed by atoms with van der Waals surface area (Å²) in [7, 11) is 0. The number of rotatable bonds is 6. The van der Waals surface area contributed by atoms with Gasteiger partial charge in [0, 0.05) is 24.1 Å². The lowest BCUT2D eigenvalue weighted by atomic mass is 10.0. The summed E-state index contributed by atoms with van der Waals surface area (Å²) in [6.45, 7) is 2.77. The number of aromatic nitrogens is 1. The van der Waals surface area contributed by atoms with Crippen LogP contribution in [0.5, 0.6) is 0 Å². The average molecular weight is 258 g/mol. The van der Waals surface area contributed by atoms with Gasteiger partial charge in [0.15, 0.2) is 0 Å². The SMILES string of the molecule is CCCNC(=O)CCc1conc1-c1ccccc1. The Labute approximate surface area is 112 Å². The van der Waals surface area contributed by atoms with Crippen LogP contribution in [-0.2, 0) is 11.2 Å². The quantitative estimate of drug-likeness (QED) is 0.866. The average Bonchev–Trinajstić information content (AvgIpc) is 2.92. The molecule has 0 radical (unpaired) electrons. The molecular weight excluding hydrogens is 240 g/mol. The fourth-order valence-electron chi connectivity index (χ4n) is 1.87. The van der Waals surface area contributed by atoms with Crippen molar-refractivity contribution in [1.29, 1.82) is 0 Å². The fraction of sp³-hybridized carbons (Fsp3) is 0.333. The largest absolute Gasteiger partial charge is 0.364 e. The molecule has 0 bridgehead atoms. The highest BCUT2D eigenvalue weighted by molar-refractivity contribution is 5.76. The van der Waals surface area contributed by atoms with Crippen molar-refractivity contribution < 1.29 is 9.32 Å². The van der Waals surface area contributed by atoms with E-state index < -0.39 is 0 Å². The van der Waals surface area contributed by atoms with Crippen LogP contribution in [0.25, 0.3) is 11.3 Å². The highest BCUT2D eigenvalue weighted by Crippen LogP contribution is 2.22. The van der Waals surface area contributed by atoms with Crippen LogP contribution in [0.3, 0.4) is 0 Å². The predicted molar refractivity (Wildman–Crippen MR) is 73.6 cm³/mol. The number of benzene rings is 1. The van der Waals surface area contributed by atoms with Crippen molar-refractivity contribution in [2.24, 2.45) is 0 Å². The first-order chi connectivity index (χ1) is 9.31. The standard InChI is InChI=1S/C15H18N2O2/c1-2-10-16-14(18)9-8-13-11-19-17-15(13)12-6-4-3-5-7-12/h3-7,11H,2,8-10H2,1H3,(H,16,18). The third-order valence-electron chi connectivity index (χ3n) is 2.88. The van der Waals surface area contributed by atoms with Gasteiger partial charge in [0.05, 0.1) is 0 Å². The molecular formula is C15H18N2O2. The molecule has 1 N–H and O–H groups in total. The van der Waals surface area contributed by atoms with Crippen LogP contribution in [0, 0.1) is 0 Å². The summed E-state index contributed by atoms with van der Waals surface area (Å²) in [4.78, 5) is 11.6. The summed E-state index contributed by atoms with van der Waals surface area (Å²) in [5, 5.41) is 6.88. The molecule has 0 fully saturated rings. The highest BCUT2D eigenvalue weighted by atomic mass is 16.5. The Morgan fingerprint density at radius 3 is 2.84 bits per heavy atom. The van der Waals surface area contributed by atoms with Gasteiger partial charge in [-0.2, -0.15) is 0 Å². The Morgan fingerprint density at radius 2 is 2.11 bits per heavy atom. The maximum absolute atomic E-state index is 11.6. The maximum Gasteiger partial charge on any atom is 0.220 e. The lowest BCUT2D eigenvalue weighted by Crippen LogP contribution is -2.24. The van der Waals surface area contributed by atoms with Crippen molar-refractivity contribution >= 4 is 5.91 Å². The van der Waals surface area contributed by atoms with Crippen molar-refractivity contribution in [2.75, 3.05) is 6.54 Å². The van der Waals surface area contributed by atoms with Crippen LogP contribution in [-0.4, -0.2) is 17.6 Å². The number of hydrogen-bond donors (Lipinski definition) is 1. The molecule has 0 spiro atoms. The van der Waals surface area contributed by atoms with Gasteiger partial charge in [-0.05, 0) is 12.8 Å². The van der Waals surface area contributed by atoms with Crippen LogP contribution in [0.4, 0.5) is 0 Å². The third-order valence-corrected chi connectivity index (χ3v) is 2.88. The third kappa shape index (κ3) is 3.68. The summed E-state index contributed by atoms with van der Waals surface area (Å²) in [5.41, 5.74) is 2.81. The molecule has 0 aliphatic carbocycles. The zero-order chi connectivity index (χ0) is 13.5. The fourth-order valence-corrected chi connectivity index (χ4v) is 1.87. The van der Waals surface area contributed by atoms with Crippen LogP contribution in [0.1, 0.15) is 25.3 Å². The first-order valence-electron chi connectivity index (χ1n) is 6.56. The topological polar surface area (TPSA) is 55.1 Å². The molecule has 0 saturated carbocycles. The second kappa shape index (κ2) is 6.73. The summed E-state index contributed by atoms with van der Waals surface area (Å²) in [6, 6.07) is 9.85. The van der Waals surface area contributed by atoms with E-state index >= 15 is 0 Å². The molecule has 0 aliphatic heterocycles. The monoisotopic (exact) mass is 258 g/mol. The summed E-state index contributed by atoms with van der Waals surface area (Å²) >= 11 is 0. The zero-order valence-electron chi connectivity index (χ0n) is 11.1. The highest BCUT2D eigenvalue weighted by Gasteiger charge is 2.11. The Bertz CT molecular complexity index is 520. The molecule has 1 aromatic heterocycles. The molecule has 0 saturated heterocycles. The van der Waals surface area contributed by atoms with E-state index in [-0.39, 0.29) is 5.91 Å². The molecule has 2 aromatic rings. The number of nitrogens with one attached hydrogen (secondary N) is 1. The van der Waals surface area contributed by atoms with Crippen molar-refractivity contribution in [3.63, 3.8) is 0 Å². The van der Waals surface area contributed by atoms with Gasteiger partial charge >= 0.3 is 0 Å². The van der Waals surface area contributed by atoms with E-state index in [1.807, 2.05) is 37.3 Å². The van der Waals surface area contributed by atoms with Gasteiger partial charge in [0.1, 0.15) is 12.0 Å². The van der Waals surface area contributed by atoms with Gasteiger partial charge in [0.25, 0.3) is 0 Å². The summed E-state index contributed by atoms with van der Waals surface area (Å²) < 4.78 is 5.03.